The number of carbonyl (C=O) groups is 2. The quantitative estimate of drug-likeness (QED) is 0.492. The first kappa shape index (κ1) is 17.8. The number of carbonyl (C=O) groups excluding carboxylic acids is 2. The van der Waals surface area contributed by atoms with Crippen LogP contribution >= 0.6 is 0 Å². The van der Waals surface area contributed by atoms with Crippen LogP contribution in [-0.4, -0.2) is 23.8 Å². The Bertz CT molecular complexity index is 1140. The molecule has 0 N–H and O–H groups in total. The Labute approximate surface area is 163 Å². The maximum atomic E-state index is 13.2. The van der Waals surface area contributed by atoms with Crippen LogP contribution in [0.3, 0.4) is 0 Å². The first-order valence-corrected chi connectivity index (χ1v) is 8.97. The zero-order valence-electron chi connectivity index (χ0n) is 15.4. The molecule has 4 rings (SSSR count). The lowest BCUT2D eigenvalue weighted by molar-refractivity contribution is 0.0553. The number of ether oxygens (including phenoxy) is 2. The molecule has 0 spiro atoms. The summed E-state index contributed by atoms with van der Waals surface area (Å²) in [6.07, 6.45) is 5.15. The molecule has 3 aromatic rings. The summed E-state index contributed by atoms with van der Waals surface area (Å²) in [5, 5.41) is 1.79. The highest BCUT2D eigenvalue weighted by Gasteiger charge is 2.46. The molecule has 4 heteroatoms. The number of benzene rings is 3. The van der Waals surface area contributed by atoms with E-state index in [0.717, 1.165) is 10.8 Å². The standard InChI is InChI=1S/C24H18O4/c1-3-14-27-20-11-7-6-10-18(20)19(25)15-24(2)23(26)22-17-9-5-4-8-16(17)12-13-21(22)28-24/h1,4-13H,14-15H2,2H3. The average molecular weight is 370 g/mol. The van der Waals surface area contributed by atoms with E-state index in [9.17, 15) is 9.59 Å². The Kier molecular flexibility index (Phi) is 4.37. The molecule has 0 bridgehead atoms. The van der Waals surface area contributed by atoms with Gasteiger partial charge in [-0.2, -0.15) is 0 Å². The van der Waals surface area contributed by atoms with Gasteiger partial charge in [0.1, 0.15) is 18.1 Å². The van der Waals surface area contributed by atoms with Crippen LogP contribution in [0, 0.1) is 12.3 Å². The zero-order chi connectivity index (χ0) is 19.7. The Balaban J connectivity index is 1.66. The van der Waals surface area contributed by atoms with E-state index in [2.05, 4.69) is 5.92 Å². The van der Waals surface area contributed by atoms with Crippen LogP contribution in [0.25, 0.3) is 10.8 Å². The van der Waals surface area contributed by atoms with E-state index < -0.39 is 5.60 Å². The summed E-state index contributed by atoms with van der Waals surface area (Å²) in [6, 6.07) is 18.2. The number of Topliss-reactive ketones (excluding diaryl/α,β-unsaturated/α-hetero) is 2. The molecule has 3 aromatic carbocycles. The number of terminal acetylenes is 1. The molecule has 0 aliphatic carbocycles. The summed E-state index contributed by atoms with van der Waals surface area (Å²) >= 11 is 0. The third-order valence-corrected chi connectivity index (χ3v) is 4.93. The van der Waals surface area contributed by atoms with Gasteiger partial charge in [-0.3, -0.25) is 9.59 Å². The normalized spacial score (nSPS) is 17.6. The van der Waals surface area contributed by atoms with Gasteiger partial charge in [0.05, 0.1) is 17.5 Å². The van der Waals surface area contributed by atoms with Gasteiger partial charge in [0, 0.05) is 0 Å². The van der Waals surface area contributed by atoms with E-state index in [-0.39, 0.29) is 24.6 Å². The van der Waals surface area contributed by atoms with Gasteiger partial charge in [-0.25, -0.2) is 0 Å². The number of hydrogen-bond acceptors (Lipinski definition) is 4. The lowest BCUT2D eigenvalue weighted by Gasteiger charge is -2.22. The zero-order valence-corrected chi connectivity index (χ0v) is 15.4. The maximum Gasteiger partial charge on any atom is 0.210 e. The van der Waals surface area contributed by atoms with Crippen LogP contribution in [0.4, 0.5) is 0 Å². The van der Waals surface area contributed by atoms with Crippen LogP contribution < -0.4 is 9.47 Å². The second-order valence-corrected chi connectivity index (χ2v) is 6.91. The predicted molar refractivity (Wildman–Crippen MR) is 107 cm³/mol. The van der Waals surface area contributed by atoms with Crippen molar-refractivity contribution in [3.05, 3.63) is 71.8 Å². The van der Waals surface area contributed by atoms with Crippen LogP contribution in [0.1, 0.15) is 34.1 Å². The SMILES string of the molecule is C#CCOc1ccccc1C(=O)CC1(C)Oc2ccc3ccccc3c2C1=O. The third-order valence-electron chi connectivity index (χ3n) is 4.93. The van der Waals surface area contributed by atoms with E-state index >= 15 is 0 Å². The van der Waals surface area contributed by atoms with Crippen molar-refractivity contribution in [1.82, 2.24) is 0 Å². The molecular weight excluding hydrogens is 352 g/mol. The maximum absolute atomic E-state index is 13.2. The molecule has 0 radical (unpaired) electrons. The Morgan fingerprint density at radius 2 is 1.86 bits per heavy atom. The largest absolute Gasteiger partial charge is 0.480 e. The van der Waals surface area contributed by atoms with E-state index in [1.807, 2.05) is 30.3 Å². The van der Waals surface area contributed by atoms with Gasteiger partial charge in [-0.05, 0) is 35.9 Å². The lowest BCUT2D eigenvalue weighted by Crippen LogP contribution is -2.39. The molecule has 1 heterocycles. The highest BCUT2D eigenvalue weighted by Crippen LogP contribution is 2.41. The van der Waals surface area contributed by atoms with Gasteiger partial charge < -0.3 is 9.47 Å². The molecule has 0 aromatic heterocycles. The molecule has 0 saturated carbocycles. The molecule has 0 amide bonds. The number of para-hydroxylation sites is 1. The van der Waals surface area contributed by atoms with Gasteiger partial charge >= 0.3 is 0 Å². The van der Waals surface area contributed by atoms with Crippen molar-refractivity contribution in [3.8, 4) is 23.8 Å². The first-order valence-electron chi connectivity index (χ1n) is 8.97. The fraction of sp³-hybridized carbons (Fsp3) is 0.167. The molecule has 1 aliphatic rings. The summed E-state index contributed by atoms with van der Waals surface area (Å²) in [7, 11) is 0. The molecular formula is C24H18O4. The van der Waals surface area contributed by atoms with Crippen molar-refractivity contribution >= 4 is 22.3 Å². The average Bonchev–Trinajstić information content (AvgIpc) is 2.97. The molecule has 0 saturated heterocycles. The number of hydrogen-bond donors (Lipinski definition) is 0. The molecule has 0 fully saturated rings. The monoisotopic (exact) mass is 370 g/mol. The van der Waals surface area contributed by atoms with Gasteiger partial charge in [0.25, 0.3) is 0 Å². The van der Waals surface area contributed by atoms with Gasteiger partial charge in [-0.15, -0.1) is 6.42 Å². The molecule has 4 nitrogen and oxygen atoms in total. The van der Waals surface area contributed by atoms with Crippen LogP contribution in [0.5, 0.6) is 11.5 Å². The molecule has 1 unspecified atom stereocenters. The first-order chi connectivity index (χ1) is 13.5. The smallest absolute Gasteiger partial charge is 0.210 e. The second kappa shape index (κ2) is 6.86. The minimum Gasteiger partial charge on any atom is -0.480 e. The van der Waals surface area contributed by atoms with Crippen molar-refractivity contribution in [2.75, 3.05) is 6.61 Å². The van der Waals surface area contributed by atoms with Crippen molar-refractivity contribution in [2.45, 2.75) is 18.9 Å². The number of fused-ring (bicyclic) bond motifs is 3. The summed E-state index contributed by atoms with van der Waals surface area (Å²) in [6.45, 7) is 1.72. The van der Waals surface area contributed by atoms with Crippen LogP contribution in [0.15, 0.2) is 60.7 Å². The van der Waals surface area contributed by atoms with Crippen LogP contribution in [-0.2, 0) is 0 Å². The number of ketones is 2. The van der Waals surface area contributed by atoms with Gasteiger partial charge in [-0.1, -0.05) is 48.4 Å². The van der Waals surface area contributed by atoms with E-state index in [1.54, 1.807) is 37.3 Å². The third kappa shape index (κ3) is 2.91. The fourth-order valence-corrected chi connectivity index (χ4v) is 3.58. The van der Waals surface area contributed by atoms with Crippen molar-refractivity contribution in [1.29, 1.82) is 0 Å². The summed E-state index contributed by atoms with van der Waals surface area (Å²) < 4.78 is 11.5. The fourth-order valence-electron chi connectivity index (χ4n) is 3.58. The van der Waals surface area contributed by atoms with Crippen molar-refractivity contribution < 1.29 is 19.1 Å². The Morgan fingerprint density at radius 1 is 1.11 bits per heavy atom. The topological polar surface area (TPSA) is 52.6 Å². The van der Waals surface area contributed by atoms with Crippen molar-refractivity contribution in [3.63, 3.8) is 0 Å². The summed E-state index contributed by atoms with van der Waals surface area (Å²) in [5.74, 6) is 2.88. The van der Waals surface area contributed by atoms with Crippen molar-refractivity contribution in [2.24, 2.45) is 0 Å². The molecule has 1 atom stereocenters. The van der Waals surface area contributed by atoms with Gasteiger partial charge in [0.15, 0.2) is 11.4 Å². The lowest BCUT2D eigenvalue weighted by atomic mass is 9.88. The summed E-state index contributed by atoms with van der Waals surface area (Å²) in [4.78, 5) is 26.2. The highest BCUT2D eigenvalue weighted by molar-refractivity contribution is 6.18. The van der Waals surface area contributed by atoms with Crippen LogP contribution in [0.2, 0.25) is 0 Å². The van der Waals surface area contributed by atoms with E-state index in [1.165, 1.54) is 0 Å². The predicted octanol–water partition coefficient (Wildman–Crippen LogP) is 4.46. The van der Waals surface area contributed by atoms with Gasteiger partial charge in [0.2, 0.25) is 5.78 Å². The van der Waals surface area contributed by atoms with E-state index in [0.29, 0.717) is 22.6 Å². The summed E-state index contributed by atoms with van der Waals surface area (Å²) in [5.41, 5.74) is -0.343. The highest BCUT2D eigenvalue weighted by atomic mass is 16.5. The minimum atomic E-state index is -1.26. The molecule has 28 heavy (non-hydrogen) atoms. The second-order valence-electron chi connectivity index (χ2n) is 6.91. The van der Waals surface area contributed by atoms with E-state index in [4.69, 9.17) is 15.9 Å². The Hall–Kier alpha value is -3.58. The number of rotatable bonds is 5. The minimum absolute atomic E-state index is 0.0639. The molecule has 138 valence electrons. The Morgan fingerprint density at radius 3 is 2.68 bits per heavy atom. The molecule has 1 aliphatic heterocycles.